The molecule has 1 heterocycles. The fourth-order valence-corrected chi connectivity index (χ4v) is 1.19. The molecule has 2 nitrogen and oxygen atoms in total. The Balaban J connectivity index is 2.29. The van der Waals surface area contributed by atoms with Gasteiger partial charge in [0.2, 0.25) is 0 Å². The largest absolute Gasteiger partial charge is 0.241 e. The van der Waals surface area contributed by atoms with Crippen molar-refractivity contribution in [2.24, 2.45) is 0 Å². The zero-order chi connectivity index (χ0) is 7.52. The van der Waals surface area contributed by atoms with E-state index in [4.69, 9.17) is 0 Å². The first-order valence-electron chi connectivity index (χ1n) is 3.83. The average Bonchev–Trinajstić information content (AvgIpc) is 2.58. The van der Waals surface area contributed by atoms with Gasteiger partial charge < -0.3 is 0 Å². The van der Waals surface area contributed by atoms with Crippen LogP contribution in [-0.4, -0.2) is 9.78 Å². The third-order valence-corrected chi connectivity index (χ3v) is 1.74. The Morgan fingerprint density at radius 3 is 3.00 bits per heavy atom. The van der Waals surface area contributed by atoms with Gasteiger partial charge in [-0.25, -0.2) is 4.68 Å². The standard InChI is InChI=1S/C9H10N2/c1-2-5-9(6-3-1)11-8-4-7-10-11/h2,4-8H,1,3H2. The van der Waals surface area contributed by atoms with Crippen molar-refractivity contribution < 1.29 is 0 Å². The minimum absolute atomic E-state index is 1.13. The molecule has 0 N–H and O–H groups in total. The average molecular weight is 146 g/mol. The van der Waals surface area contributed by atoms with Gasteiger partial charge in [0.05, 0.1) is 5.70 Å². The topological polar surface area (TPSA) is 17.8 Å². The number of hydrogen-bond acceptors (Lipinski definition) is 1. The highest BCUT2D eigenvalue weighted by Gasteiger charge is 1.97. The maximum Gasteiger partial charge on any atom is 0.0602 e. The van der Waals surface area contributed by atoms with E-state index in [2.05, 4.69) is 23.3 Å². The molecule has 1 aromatic heterocycles. The molecule has 0 fully saturated rings. The number of hydrogen-bond donors (Lipinski definition) is 0. The summed E-state index contributed by atoms with van der Waals surface area (Å²) in [4.78, 5) is 0. The van der Waals surface area contributed by atoms with Gasteiger partial charge in [-0.3, -0.25) is 0 Å². The lowest BCUT2D eigenvalue weighted by molar-refractivity contribution is 0.889. The van der Waals surface area contributed by atoms with Gasteiger partial charge in [0, 0.05) is 12.4 Å². The van der Waals surface area contributed by atoms with Crippen LogP contribution in [0.5, 0.6) is 0 Å². The summed E-state index contributed by atoms with van der Waals surface area (Å²) in [7, 11) is 0. The molecule has 0 aromatic carbocycles. The Hall–Kier alpha value is -1.31. The van der Waals surface area contributed by atoms with Gasteiger partial charge in [0.1, 0.15) is 0 Å². The predicted molar refractivity (Wildman–Crippen MR) is 44.9 cm³/mol. The molecule has 0 bridgehead atoms. The van der Waals surface area contributed by atoms with Gasteiger partial charge in [-0.15, -0.1) is 0 Å². The van der Waals surface area contributed by atoms with Gasteiger partial charge in [-0.1, -0.05) is 12.2 Å². The fourth-order valence-electron chi connectivity index (χ4n) is 1.19. The summed E-state index contributed by atoms with van der Waals surface area (Å²) in [6.45, 7) is 0. The quantitative estimate of drug-likeness (QED) is 0.593. The van der Waals surface area contributed by atoms with Gasteiger partial charge in [0.15, 0.2) is 0 Å². The van der Waals surface area contributed by atoms with E-state index in [1.165, 1.54) is 5.70 Å². The molecular weight excluding hydrogens is 136 g/mol. The van der Waals surface area contributed by atoms with Crippen LogP contribution in [0.2, 0.25) is 0 Å². The molecule has 2 heteroatoms. The summed E-state index contributed by atoms with van der Waals surface area (Å²) < 4.78 is 1.88. The molecular formula is C9H10N2. The normalized spacial score (nSPS) is 16.5. The molecule has 1 aromatic rings. The van der Waals surface area contributed by atoms with Crippen molar-refractivity contribution in [3.63, 3.8) is 0 Å². The first-order chi connectivity index (χ1) is 5.47. The van der Waals surface area contributed by atoms with E-state index in [9.17, 15) is 0 Å². The van der Waals surface area contributed by atoms with Crippen LogP contribution >= 0.6 is 0 Å². The van der Waals surface area contributed by atoms with Crippen LogP contribution in [0.15, 0.2) is 36.7 Å². The fraction of sp³-hybridized carbons (Fsp3) is 0.222. The zero-order valence-corrected chi connectivity index (χ0v) is 6.27. The van der Waals surface area contributed by atoms with E-state index < -0.39 is 0 Å². The first-order valence-corrected chi connectivity index (χ1v) is 3.83. The maximum atomic E-state index is 4.14. The third kappa shape index (κ3) is 1.24. The van der Waals surface area contributed by atoms with Gasteiger partial charge in [-0.2, -0.15) is 5.10 Å². The van der Waals surface area contributed by atoms with Crippen molar-refractivity contribution in [2.75, 3.05) is 0 Å². The molecule has 1 aliphatic rings. The van der Waals surface area contributed by atoms with Gasteiger partial charge in [0.25, 0.3) is 0 Å². The smallest absolute Gasteiger partial charge is 0.0602 e. The summed E-state index contributed by atoms with van der Waals surface area (Å²) in [5.74, 6) is 0. The van der Waals surface area contributed by atoms with Crippen molar-refractivity contribution in [3.8, 4) is 0 Å². The Bertz CT molecular complexity index is 281. The highest BCUT2D eigenvalue weighted by atomic mass is 15.3. The van der Waals surface area contributed by atoms with E-state index in [1.54, 1.807) is 6.20 Å². The van der Waals surface area contributed by atoms with Crippen molar-refractivity contribution in [1.29, 1.82) is 0 Å². The van der Waals surface area contributed by atoms with Crippen molar-refractivity contribution in [3.05, 3.63) is 36.7 Å². The molecule has 2 rings (SSSR count). The van der Waals surface area contributed by atoms with E-state index in [0.717, 1.165) is 12.8 Å². The summed E-state index contributed by atoms with van der Waals surface area (Å²) in [5.41, 5.74) is 1.18. The second kappa shape index (κ2) is 2.74. The number of allylic oxidation sites excluding steroid dienone is 4. The predicted octanol–water partition coefficient (Wildman–Crippen LogP) is 2.07. The van der Waals surface area contributed by atoms with Gasteiger partial charge >= 0.3 is 0 Å². The highest BCUT2D eigenvalue weighted by Crippen LogP contribution is 2.12. The molecule has 0 saturated heterocycles. The summed E-state index contributed by atoms with van der Waals surface area (Å²) in [6, 6.07) is 1.93. The monoisotopic (exact) mass is 146 g/mol. The van der Waals surface area contributed by atoms with Crippen molar-refractivity contribution in [1.82, 2.24) is 9.78 Å². The molecule has 0 amide bonds. The molecule has 0 spiro atoms. The van der Waals surface area contributed by atoms with E-state index in [-0.39, 0.29) is 0 Å². The molecule has 0 aliphatic heterocycles. The summed E-state index contributed by atoms with van der Waals surface area (Å²) in [6.07, 6.45) is 12.5. The highest BCUT2D eigenvalue weighted by molar-refractivity contribution is 5.57. The molecule has 11 heavy (non-hydrogen) atoms. The second-order valence-electron chi connectivity index (χ2n) is 2.56. The van der Waals surface area contributed by atoms with Crippen LogP contribution in [0.1, 0.15) is 12.8 Å². The van der Waals surface area contributed by atoms with Crippen molar-refractivity contribution in [2.45, 2.75) is 12.8 Å². The van der Waals surface area contributed by atoms with Gasteiger partial charge in [-0.05, 0) is 25.0 Å². The van der Waals surface area contributed by atoms with Crippen LogP contribution in [0, 0.1) is 0 Å². The molecule has 1 aliphatic carbocycles. The number of aromatic nitrogens is 2. The molecule has 0 atom stereocenters. The minimum Gasteiger partial charge on any atom is -0.241 e. The minimum atomic E-state index is 1.13. The number of rotatable bonds is 1. The van der Waals surface area contributed by atoms with E-state index in [1.807, 2.05) is 16.9 Å². The summed E-state index contributed by atoms with van der Waals surface area (Å²) >= 11 is 0. The van der Waals surface area contributed by atoms with Crippen LogP contribution in [0.4, 0.5) is 0 Å². The lowest BCUT2D eigenvalue weighted by atomic mass is 10.1. The molecule has 56 valence electrons. The zero-order valence-electron chi connectivity index (χ0n) is 6.27. The van der Waals surface area contributed by atoms with Crippen LogP contribution in [-0.2, 0) is 0 Å². The maximum absolute atomic E-state index is 4.14. The van der Waals surface area contributed by atoms with Crippen LogP contribution < -0.4 is 0 Å². The van der Waals surface area contributed by atoms with E-state index in [0.29, 0.717) is 0 Å². The Morgan fingerprint density at radius 1 is 1.36 bits per heavy atom. The number of nitrogens with zero attached hydrogens (tertiary/aromatic N) is 2. The SMILES string of the molecule is C1=CC(n2cccn2)=CCC1. The van der Waals surface area contributed by atoms with Crippen LogP contribution in [0.25, 0.3) is 5.70 Å². The Morgan fingerprint density at radius 2 is 2.36 bits per heavy atom. The molecule has 0 unspecified atom stereocenters. The molecule has 0 saturated carbocycles. The lowest BCUT2D eigenvalue weighted by Gasteiger charge is -2.05. The van der Waals surface area contributed by atoms with Crippen LogP contribution in [0.3, 0.4) is 0 Å². The third-order valence-electron chi connectivity index (χ3n) is 1.74. The lowest BCUT2D eigenvalue weighted by Crippen LogP contribution is -1.96. The molecule has 0 radical (unpaired) electrons. The summed E-state index contributed by atoms with van der Waals surface area (Å²) in [5, 5.41) is 4.14. The first kappa shape index (κ1) is 6.40. The Kier molecular flexibility index (Phi) is 1.60. The Labute approximate surface area is 65.8 Å². The van der Waals surface area contributed by atoms with E-state index >= 15 is 0 Å². The second-order valence-corrected chi connectivity index (χ2v) is 2.56. The van der Waals surface area contributed by atoms with Crippen molar-refractivity contribution >= 4 is 5.70 Å².